The van der Waals surface area contributed by atoms with E-state index in [1.165, 1.54) is 31.7 Å². The van der Waals surface area contributed by atoms with Gasteiger partial charge in [-0.05, 0) is 92.5 Å². The quantitative estimate of drug-likeness (QED) is 0.222. The molecule has 2 saturated carbocycles. The summed E-state index contributed by atoms with van der Waals surface area (Å²) in [6, 6.07) is 18.6. The molecule has 3 fully saturated rings. The molecule has 7 nitrogen and oxygen atoms in total. The molecule has 1 aromatic heterocycles. The van der Waals surface area contributed by atoms with Gasteiger partial charge in [0, 0.05) is 28.8 Å². The largest absolute Gasteiger partial charge is 0.382 e. The maximum Gasteiger partial charge on any atom is 0.257 e. The van der Waals surface area contributed by atoms with Crippen molar-refractivity contribution in [3.8, 4) is 0 Å². The number of halogens is 1. The summed E-state index contributed by atoms with van der Waals surface area (Å²) >= 11 is 0. The molecule has 3 aromatic carbocycles. The Morgan fingerprint density at radius 3 is 2.53 bits per heavy atom. The zero-order valence-electron chi connectivity index (χ0n) is 24.5. The Labute approximate surface area is 251 Å². The van der Waals surface area contributed by atoms with E-state index >= 15 is 4.39 Å². The van der Waals surface area contributed by atoms with E-state index in [0.29, 0.717) is 23.7 Å². The molecule has 2 amide bonds. The summed E-state index contributed by atoms with van der Waals surface area (Å²) in [6.07, 6.45) is 10.0. The van der Waals surface area contributed by atoms with Crippen LogP contribution in [0.1, 0.15) is 78.9 Å². The van der Waals surface area contributed by atoms with Crippen LogP contribution in [0.15, 0.2) is 66.9 Å². The summed E-state index contributed by atoms with van der Waals surface area (Å²) in [5, 5.41) is 14.7. The van der Waals surface area contributed by atoms with Crippen LogP contribution in [0.5, 0.6) is 0 Å². The highest BCUT2D eigenvalue weighted by atomic mass is 19.1. The summed E-state index contributed by atoms with van der Waals surface area (Å²) in [6.45, 7) is 1.78. The van der Waals surface area contributed by atoms with Gasteiger partial charge in [0.2, 0.25) is 5.91 Å². The molecule has 3 aliphatic rings. The second-order valence-corrected chi connectivity index (χ2v) is 12.6. The van der Waals surface area contributed by atoms with E-state index in [4.69, 9.17) is 0 Å². The molecule has 8 heteroatoms. The minimum atomic E-state index is -0.524. The summed E-state index contributed by atoms with van der Waals surface area (Å²) in [7, 11) is 0. The van der Waals surface area contributed by atoms with Gasteiger partial charge in [0.05, 0.1) is 29.2 Å². The van der Waals surface area contributed by atoms with Crippen molar-refractivity contribution in [3.63, 3.8) is 0 Å². The number of likely N-dealkylation sites (tertiary alicyclic amines) is 1. The fraction of sp³-hybridized carbons (Fsp3) is 0.400. The average molecular weight is 580 g/mol. The van der Waals surface area contributed by atoms with Crippen LogP contribution in [0.2, 0.25) is 0 Å². The first kappa shape index (κ1) is 27.6. The summed E-state index contributed by atoms with van der Waals surface area (Å²) < 4.78 is 15.3. The molecule has 1 aliphatic heterocycles. The number of aromatic amines is 1. The fourth-order valence-corrected chi connectivity index (χ4v) is 7.80. The first-order valence-corrected chi connectivity index (χ1v) is 15.6. The Morgan fingerprint density at radius 1 is 0.953 bits per heavy atom. The van der Waals surface area contributed by atoms with Gasteiger partial charge in [-0.15, -0.1) is 0 Å². The van der Waals surface area contributed by atoms with Crippen molar-refractivity contribution >= 4 is 34.1 Å². The molecule has 3 N–H and O–H groups in total. The molecule has 1 saturated heterocycles. The Kier molecular flexibility index (Phi) is 7.37. The molecule has 2 heterocycles. The normalized spacial score (nSPS) is 23.8. The second kappa shape index (κ2) is 11.5. The predicted octanol–water partition coefficient (Wildman–Crippen LogP) is 7.38. The lowest BCUT2D eigenvalue weighted by atomic mass is 9.76. The van der Waals surface area contributed by atoms with Crippen LogP contribution < -0.4 is 10.6 Å². The Balaban J connectivity index is 1.27. The maximum atomic E-state index is 15.3. The van der Waals surface area contributed by atoms with Crippen LogP contribution in [0.3, 0.4) is 0 Å². The molecular formula is C35H38FN5O2. The lowest BCUT2D eigenvalue weighted by molar-refractivity contribution is -0.125. The highest BCUT2D eigenvalue weighted by Crippen LogP contribution is 2.49. The number of amides is 2. The highest BCUT2D eigenvalue weighted by Gasteiger charge is 2.50. The number of hydrogen-bond donors (Lipinski definition) is 3. The topological polar surface area (TPSA) is 90.1 Å². The lowest BCUT2D eigenvalue weighted by Crippen LogP contribution is -2.54. The number of hydrogen-bond acceptors (Lipinski definition) is 4. The minimum absolute atomic E-state index is 0.0425. The SMILES string of the molecule is Cc1cccc(F)c1C(=O)N1[C@@H]2CCC[C@@H]2C[C@H](C(=O)Nc2ccc3[nH]ncc3c2)[C@@H]1c1ccc(NC2CCCC2)cc1. The molecule has 0 spiro atoms. The lowest BCUT2D eigenvalue weighted by Gasteiger charge is -2.48. The number of aryl methyl sites for hydroxylation is 1. The predicted molar refractivity (Wildman–Crippen MR) is 166 cm³/mol. The average Bonchev–Trinajstić information content (AvgIpc) is 3.78. The molecule has 7 rings (SSSR count). The molecule has 43 heavy (non-hydrogen) atoms. The molecular weight excluding hydrogens is 541 g/mol. The van der Waals surface area contributed by atoms with E-state index in [-0.39, 0.29) is 29.3 Å². The van der Waals surface area contributed by atoms with E-state index in [9.17, 15) is 9.59 Å². The van der Waals surface area contributed by atoms with Crippen LogP contribution in [0, 0.1) is 24.6 Å². The third-order valence-electron chi connectivity index (χ3n) is 9.91. The van der Waals surface area contributed by atoms with Gasteiger partial charge in [0.1, 0.15) is 5.82 Å². The number of H-pyrrole nitrogens is 1. The zero-order chi connectivity index (χ0) is 29.5. The van der Waals surface area contributed by atoms with Crippen molar-refractivity contribution in [2.45, 2.75) is 76.4 Å². The number of piperidine rings is 1. The molecule has 0 radical (unpaired) electrons. The third-order valence-corrected chi connectivity index (χ3v) is 9.91. The molecule has 4 atom stereocenters. The maximum absolute atomic E-state index is 15.3. The van der Waals surface area contributed by atoms with Gasteiger partial charge < -0.3 is 15.5 Å². The first-order valence-electron chi connectivity index (χ1n) is 15.6. The molecule has 0 bridgehead atoms. The van der Waals surface area contributed by atoms with Crippen LogP contribution in [0.25, 0.3) is 10.9 Å². The Morgan fingerprint density at radius 2 is 1.74 bits per heavy atom. The van der Waals surface area contributed by atoms with Crippen LogP contribution in [-0.2, 0) is 4.79 Å². The molecule has 0 unspecified atom stereocenters. The second-order valence-electron chi connectivity index (χ2n) is 12.6. The van der Waals surface area contributed by atoms with Crippen molar-refractivity contribution in [1.82, 2.24) is 15.1 Å². The van der Waals surface area contributed by atoms with Crippen molar-refractivity contribution in [2.24, 2.45) is 11.8 Å². The van der Waals surface area contributed by atoms with Gasteiger partial charge >= 0.3 is 0 Å². The summed E-state index contributed by atoms with van der Waals surface area (Å²) in [5.41, 5.74) is 4.23. The van der Waals surface area contributed by atoms with Gasteiger partial charge in [-0.25, -0.2) is 4.39 Å². The number of aromatic nitrogens is 2. The van der Waals surface area contributed by atoms with Gasteiger partial charge in [-0.3, -0.25) is 14.7 Å². The molecule has 222 valence electrons. The van der Waals surface area contributed by atoms with Gasteiger partial charge in [-0.2, -0.15) is 5.10 Å². The Hall–Kier alpha value is -4.20. The number of nitrogens with one attached hydrogen (secondary N) is 3. The van der Waals surface area contributed by atoms with E-state index in [2.05, 4.69) is 33.0 Å². The highest BCUT2D eigenvalue weighted by molar-refractivity contribution is 5.99. The van der Waals surface area contributed by atoms with Crippen molar-refractivity contribution in [2.75, 3.05) is 10.6 Å². The van der Waals surface area contributed by atoms with Crippen molar-refractivity contribution in [3.05, 3.63) is 89.4 Å². The summed E-state index contributed by atoms with van der Waals surface area (Å²) in [4.78, 5) is 30.5. The fourth-order valence-electron chi connectivity index (χ4n) is 7.80. The zero-order valence-corrected chi connectivity index (χ0v) is 24.5. The van der Waals surface area contributed by atoms with Crippen molar-refractivity contribution in [1.29, 1.82) is 0 Å². The van der Waals surface area contributed by atoms with Crippen LogP contribution in [0.4, 0.5) is 15.8 Å². The number of nitrogens with zero attached hydrogens (tertiary/aromatic N) is 2. The number of carbonyl (C=O) groups excluding carboxylic acids is 2. The number of rotatable bonds is 6. The van der Waals surface area contributed by atoms with Gasteiger partial charge in [0.25, 0.3) is 5.91 Å². The summed E-state index contributed by atoms with van der Waals surface area (Å²) in [5.74, 6) is -1.29. The van der Waals surface area contributed by atoms with E-state index < -0.39 is 17.8 Å². The number of carbonyl (C=O) groups is 2. The monoisotopic (exact) mass is 579 g/mol. The van der Waals surface area contributed by atoms with Gasteiger partial charge in [0.15, 0.2) is 0 Å². The van der Waals surface area contributed by atoms with E-state index in [1.807, 2.05) is 35.2 Å². The first-order chi connectivity index (χ1) is 21.0. The third kappa shape index (κ3) is 5.28. The number of anilines is 2. The minimum Gasteiger partial charge on any atom is -0.382 e. The number of fused-ring (bicyclic) bond motifs is 2. The van der Waals surface area contributed by atoms with Crippen molar-refractivity contribution < 1.29 is 14.0 Å². The van der Waals surface area contributed by atoms with Crippen LogP contribution >= 0.6 is 0 Å². The molecule has 2 aliphatic carbocycles. The van der Waals surface area contributed by atoms with Gasteiger partial charge in [-0.1, -0.05) is 43.5 Å². The van der Waals surface area contributed by atoms with E-state index in [0.717, 1.165) is 41.4 Å². The van der Waals surface area contributed by atoms with Crippen LogP contribution in [-0.4, -0.2) is 39.0 Å². The van der Waals surface area contributed by atoms with E-state index in [1.54, 1.807) is 25.3 Å². The standard InChI is InChI=1S/C35H38FN5O2/c1-21-6-4-10-29(36)32(21)35(43)41-31-11-5-7-23(31)19-28(34(42)39-27-16-17-30-24(18-27)20-37-40-30)33(41)22-12-14-26(15-13-22)38-25-8-2-3-9-25/h4,6,10,12-18,20,23,25,28,31,33,38H,2-3,5,7-9,11,19H2,1H3,(H,37,40)(H,39,42)/t23-,28+,31-,33+/m1/s1. The smallest absolute Gasteiger partial charge is 0.257 e. The molecule has 4 aromatic rings. The Bertz CT molecular complexity index is 1620. The number of benzene rings is 3.